The average Bonchev–Trinajstić information content (AvgIpc) is 2.32. The number of aliphatic hydroxyl groups excluding tert-OH is 6. The number of ketones is 1. The molecule has 0 aromatic heterocycles. The lowest BCUT2D eigenvalue weighted by molar-refractivity contribution is -0.154. The maximum Gasteiger partial charge on any atom is 0.192 e. The molecule has 16 heavy (non-hydrogen) atoms. The molecule has 0 saturated carbocycles. The van der Waals surface area contributed by atoms with Crippen LogP contribution in [0.1, 0.15) is 13.3 Å². The van der Waals surface area contributed by atoms with Gasteiger partial charge >= 0.3 is 0 Å². The second kappa shape index (κ2) is 6.89. The Bertz CT molecular complexity index is 220. The Labute approximate surface area is 92.6 Å². The van der Waals surface area contributed by atoms with E-state index in [0.29, 0.717) is 0 Å². The van der Waals surface area contributed by atoms with E-state index in [2.05, 4.69) is 0 Å². The Morgan fingerprint density at radius 1 is 1.06 bits per heavy atom. The van der Waals surface area contributed by atoms with Crippen molar-refractivity contribution < 1.29 is 35.4 Å². The van der Waals surface area contributed by atoms with Crippen LogP contribution < -0.4 is 0 Å². The quantitative estimate of drug-likeness (QED) is 0.274. The molecular formula is C9H18O7. The second-order valence-corrected chi connectivity index (χ2v) is 3.50. The predicted molar refractivity (Wildman–Crippen MR) is 52.4 cm³/mol. The molecule has 0 heterocycles. The first kappa shape index (κ1) is 15.4. The maximum absolute atomic E-state index is 11.2. The fraction of sp³-hybridized carbons (Fsp3) is 0.889. The van der Waals surface area contributed by atoms with Crippen molar-refractivity contribution in [2.24, 2.45) is 0 Å². The first-order valence-electron chi connectivity index (χ1n) is 4.91. The minimum atomic E-state index is -2.01. The molecule has 6 N–H and O–H groups in total. The van der Waals surface area contributed by atoms with Crippen molar-refractivity contribution in [3.63, 3.8) is 0 Å². The van der Waals surface area contributed by atoms with E-state index in [9.17, 15) is 20.1 Å². The van der Waals surface area contributed by atoms with Gasteiger partial charge in [0.05, 0.1) is 6.61 Å². The summed E-state index contributed by atoms with van der Waals surface area (Å²) >= 11 is 0. The van der Waals surface area contributed by atoms with E-state index in [1.807, 2.05) is 0 Å². The number of Topliss-reactive ketones (excluding diaryl/α,β-unsaturated/α-hetero) is 1. The highest BCUT2D eigenvalue weighted by Gasteiger charge is 2.35. The number of rotatable bonds is 7. The van der Waals surface area contributed by atoms with Crippen molar-refractivity contribution >= 4 is 5.78 Å². The number of carbonyl (C=O) groups is 1. The number of hydrogen-bond acceptors (Lipinski definition) is 7. The molecule has 0 aromatic carbocycles. The summed E-state index contributed by atoms with van der Waals surface area (Å²) in [6.45, 7) is 0.677. The lowest BCUT2D eigenvalue weighted by Crippen LogP contribution is -2.50. The van der Waals surface area contributed by atoms with Crippen LogP contribution >= 0.6 is 0 Å². The molecule has 0 amide bonds. The average molecular weight is 238 g/mol. The van der Waals surface area contributed by atoms with Gasteiger partial charge in [0.2, 0.25) is 0 Å². The van der Waals surface area contributed by atoms with E-state index in [1.165, 1.54) is 6.92 Å². The first-order chi connectivity index (χ1) is 7.36. The highest BCUT2D eigenvalue weighted by molar-refractivity contribution is 5.87. The Kier molecular flexibility index (Phi) is 6.65. The van der Waals surface area contributed by atoms with Crippen molar-refractivity contribution in [1.29, 1.82) is 0 Å². The third-order valence-corrected chi connectivity index (χ3v) is 2.26. The van der Waals surface area contributed by atoms with Gasteiger partial charge in [-0.2, -0.15) is 0 Å². The van der Waals surface area contributed by atoms with Crippen molar-refractivity contribution in [2.75, 3.05) is 6.61 Å². The van der Waals surface area contributed by atoms with Crippen molar-refractivity contribution in [2.45, 2.75) is 43.9 Å². The van der Waals surface area contributed by atoms with Gasteiger partial charge in [0.1, 0.15) is 30.5 Å². The van der Waals surface area contributed by atoms with Crippen LogP contribution in [0.5, 0.6) is 0 Å². The zero-order valence-electron chi connectivity index (χ0n) is 8.89. The van der Waals surface area contributed by atoms with Crippen molar-refractivity contribution in [3.8, 4) is 0 Å². The van der Waals surface area contributed by atoms with Gasteiger partial charge in [0.15, 0.2) is 5.78 Å². The molecule has 0 spiro atoms. The number of carbonyl (C=O) groups excluding carboxylic acids is 1. The van der Waals surface area contributed by atoms with Crippen LogP contribution in [0.25, 0.3) is 0 Å². The zero-order valence-corrected chi connectivity index (χ0v) is 8.89. The molecule has 1 unspecified atom stereocenters. The summed E-state index contributed by atoms with van der Waals surface area (Å²) < 4.78 is 0. The lowest BCUT2D eigenvalue weighted by atomic mass is 9.97. The van der Waals surface area contributed by atoms with Crippen LogP contribution in [0.3, 0.4) is 0 Å². The van der Waals surface area contributed by atoms with Gasteiger partial charge in [-0.05, 0) is 6.42 Å². The smallest absolute Gasteiger partial charge is 0.192 e. The van der Waals surface area contributed by atoms with Gasteiger partial charge in [0.25, 0.3) is 0 Å². The van der Waals surface area contributed by atoms with Gasteiger partial charge in [-0.1, -0.05) is 6.92 Å². The normalized spacial score (nSPS) is 20.9. The van der Waals surface area contributed by atoms with E-state index in [4.69, 9.17) is 15.3 Å². The van der Waals surface area contributed by atoms with E-state index >= 15 is 0 Å². The highest BCUT2D eigenvalue weighted by atomic mass is 16.4. The Morgan fingerprint density at radius 3 is 1.94 bits per heavy atom. The van der Waals surface area contributed by atoms with Crippen LogP contribution in [-0.2, 0) is 4.79 Å². The van der Waals surface area contributed by atoms with Crippen molar-refractivity contribution in [3.05, 3.63) is 0 Å². The zero-order chi connectivity index (χ0) is 12.9. The molecule has 5 atom stereocenters. The summed E-state index contributed by atoms with van der Waals surface area (Å²) in [7, 11) is 0. The summed E-state index contributed by atoms with van der Waals surface area (Å²) in [4.78, 5) is 11.2. The summed E-state index contributed by atoms with van der Waals surface area (Å²) in [6, 6.07) is 0. The van der Waals surface area contributed by atoms with Crippen LogP contribution in [0, 0.1) is 0 Å². The molecule has 0 bridgehead atoms. The van der Waals surface area contributed by atoms with Gasteiger partial charge in [-0.25, -0.2) is 0 Å². The second-order valence-electron chi connectivity index (χ2n) is 3.50. The van der Waals surface area contributed by atoms with Crippen LogP contribution in [-0.4, -0.2) is 73.5 Å². The molecular weight excluding hydrogens is 220 g/mol. The first-order valence-corrected chi connectivity index (χ1v) is 4.91. The molecule has 7 heteroatoms. The van der Waals surface area contributed by atoms with Gasteiger partial charge < -0.3 is 30.6 Å². The van der Waals surface area contributed by atoms with E-state index < -0.39 is 42.9 Å². The SMILES string of the molecule is CCC(O)C(=O)[C@H](O)[C@@H](O)[C@H](O)[C@H](O)CO. The molecule has 0 saturated heterocycles. The summed E-state index contributed by atoms with van der Waals surface area (Å²) in [5.74, 6) is -1.04. The van der Waals surface area contributed by atoms with Crippen molar-refractivity contribution in [1.82, 2.24) is 0 Å². The molecule has 7 nitrogen and oxygen atoms in total. The maximum atomic E-state index is 11.2. The summed E-state index contributed by atoms with van der Waals surface area (Å²) in [5, 5.41) is 54.4. The van der Waals surface area contributed by atoms with Gasteiger partial charge in [-0.3, -0.25) is 4.79 Å². The summed E-state index contributed by atoms with van der Waals surface area (Å²) in [5.41, 5.74) is 0. The van der Waals surface area contributed by atoms with E-state index in [0.717, 1.165) is 0 Å². The van der Waals surface area contributed by atoms with Crippen LogP contribution in [0.15, 0.2) is 0 Å². The van der Waals surface area contributed by atoms with Gasteiger partial charge in [0, 0.05) is 0 Å². The van der Waals surface area contributed by atoms with Gasteiger partial charge in [-0.15, -0.1) is 0 Å². The minimum absolute atomic E-state index is 0.0568. The Hall–Kier alpha value is -0.570. The molecule has 96 valence electrons. The topological polar surface area (TPSA) is 138 Å². The standard InChI is InChI=1S/C9H18O7/c1-2-4(11)6(13)8(15)9(16)7(14)5(12)3-10/h4-5,7-12,14-16H,2-3H2,1H3/t4?,5-,7-,8+,9+/m1/s1. The van der Waals surface area contributed by atoms with Crippen LogP contribution in [0.4, 0.5) is 0 Å². The molecule has 0 aliphatic carbocycles. The third kappa shape index (κ3) is 3.78. The van der Waals surface area contributed by atoms with Crippen LogP contribution in [0.2, 0.25) is 0 Å². The van der Waals surface area contributed by atoms with E-state index in [1.54, 1.807) is 0 Å². The molecule has 0 fully saturated rings. The highest BCUT2D eigenvalue weighted by Crippen LogP contribution is 2.08. The number of aliphatic hydroxyl groups is 6. The fourth-order valence-electron chi connectivity index (χ4n) is 1.09. The Morgan fingerprint density at radius 2 is 1.56 bits per heavy atom. The molecule has 0 aliphatic rings. The number of hydrogen-bond donors (Lipinski definition) is 6. The molecule has 0 radical (unpaired) electrons. The molecule has 0 aliphatic heterocycles. The largest absolute Gasteiger partial charge is 0.394 e. The van der Waals surface area contributed by atoms with E-state index in [-0.39, 0.29) is 6.42 Å². The lowest BCUT2D eigenvalue weighted by Gasteiger charge is -2.25. The summed E-state index contributed by atoms with van der Waals surface area (Å²) in [6.07, 6.45) is -8.89. The minimum Gasteiger partial charge on any atom is -0.394 e. The molecule has 0 rings (SSSR count). The predicted octanol–water partition coefficient (Wildman–Crippen LogP) is -3.24. The monoisotopic (exact) mass is 238 g/mol. The Balaban J connectivity index is 4.48. The third-order valence-electron chi connectivity index (χ3n) is 2.26. The molecule has 0 aromatic rings. The fourth-order valence-corrected chi connectivity index (χ4v) is 1.09.